The van der Waals surface area contributed by atoms with Crippen LogP contribution in [-0.2, 0) is 28.4 Å². The van der Waals surface area contributed by atoms with Crippen LogP contribution in [0.2, 0.25) is 0 Å². The topological polar surface area (TPSA) is 387 Å². The van der Waals surface area contributed by atoms with Gasteiger partial charge in [-0.2, -0.15) is 0 Å². The first-order valence-electron chi connectivity index (χ1n) is 19.3. The van der Waals surface area contributed by atoms with E-state index in [1.54, 1.807) is 0 Å². The van der Waals surface area contributed by atoms with Crippen LogP contribution in [0, 0.1) is 0 Å². The van der Waals surface area contributed by atoms with Gasteiger partial charge < -0.3 is 114 Å². The Morgan fingerprint density at radius 2 is 1.29 bits per heavy atom. The van der Waals surface area contributed by atoms with Crippen molar-refractivity contribution < 1.29 is 114 Å². The molecule has 4 saturated heterocycles. The fourth-order valence-electron chi connectivity index (χ4n) is 7.33. The van der Waals surface area contributed by atoms with Gasteiger partial charge in [0.2, 0.25) is 23.8 Å². The van der Waals surface area contributed by atoms with Gasteiger partial charge in [-0.05, 0) is 31.2 Å². The summed E-state index contributed by atoms with van der Waals surface area (Å²) in [5.41, 5.74) is -1.45. The first-order valence-corrected chi connectivity index (χ1v) is 19.3. The quantitative estimate of drug-likeness (QED) is 0.0854. The van der Waals surface area contributed by atoms with Gasteiger partial charge >= 0.3 is 0 Å². The average Bonchev–Trinajstić information content (AvgIpc) is 3.24. The third-order valence-electron chi connectivity index (χ3n) is 11.0. The van der Waals surface area contributed by atoms with E-state index < -0.39 is 165 Å². The van der Waals surface area contributed by atoms with Crippen LogP contribution in [0.1, 0.15) is 6.92 Å². The summed E-state index contributed by atoms with van der Waals surface area (Å²) in [6.07, 6.45) is -32.7. The largest absolute Gasteiger partial charge is 0.508 e. The molecule has 4 aliphatic rings. The fraction of sp³-hybridized carbons (Fsp3) is 0.605. The number of phenolic OH excluding ortho intramolecular Hbond substituents is 2. The Morgan fingerprint density at radius 1 is 0.661 bits per heavy atom. The number of aliphatic hydroxyl groups is 12. The van der Waals surface area contributed by atoms with Crippen molar-refractivity contribution in [2.75, 3.05) is 19.8 Å². The summed E-state index contributed by atoms with van der Waals surface area (Å²) in [5, 5.41) is 146. The molecule has 62 heavy (non-hydrogen) atoms. The predicted molar refractivity (Wildman–Crippen MR) is 198 cm³/mol. The normalized spacial score (nSPS) is 40.3. The van der Waals surface area contributed by atoms with E-state index in [1.165, 1.54) is 31.2 Å². The number of fused-ring (bicyclic) bond motifs is 1. The van der Waals surface area contributed by atoms with Gasteiger partial charge in [0.05, 0.1) is 25.9 Å². The highest BCUT2D eigenvalue weighted by atomic mass is 16.8. The lowest BCUT2D eigenvalue weighted by Gasteiger charge is -2.45. The van der Waals surface area contributed by atoms with Crippen LogP contribution in [0.4, 0.5) is 0 Å². The molecule has 24 heteroatoms. The van der Waals surface area contributed by atoms with Crippen molar-refractivity contribution >= 4 is 11.0 Å². The first kappa shape index (κ1) is 46.1. The second-order valence-electron chi connectivity index (χ2n) is 15.3. The third kappa shape index (κ3) is 8.94. The summed E-state index contributed by atoms with van der Waals surface area (Å²) in [6.45, 7) is -0.652. The van der Waals surface area contributed by atoms with Crippen molar-refractivity contribution in [2.24, 2.45) is 0 Å². The maximum Gasteiger partial charge on any atom is 0.239 e. The van der Waals surface area contributed by atoms with Gasteiger partial charge in [-0.3, -0.25) is 4.79 Å². The Hall–Kier alpha value is -3.87. The van der Waals surface area contributed by atoms with Crippen LogP contribution < -0.4 is 14.9 Å². The number of hydrogen-bond donors (Lipinski definition) is 14. The highest BCUT2D eigenvalue weighted by molar-refractivity contribution is 5.88. The maximum atomic E-state index is 14.5. The Morgan fingerprint density at radius 3 is 1.98 bits per heavy atom. The van der Waals surface area contributed by atoms with Gasteiger partial charge in [-0.15, -0.1) is 0 Å². The first-order chi connectivity index (χ1) is 29.4. The number of ether oxygens (including phenoxy) is 8. The zero-order valence-corrected chi connectivity index (χ0v) is 32.4. The minimum absolute atomic E-state index is 0.0479. The van der Waals surface area contributed by atoms with Crippen LogP contribution >= 0.6 is 0 Å². The average molecular weight is 889 g/mol. The number of aromatic hydroxyl groups is 2. The molecule has 24 nitrogen and oxygen atoms in total. The standard InChI is InChI=1S/C38H48O24/c1-11-21(43)26(48)30(52)35(56-11)55-10-19-24(46)28(50)34(62-36-29(51)22(44)16(42)9-54-36)38(60-19)61-33-25(47)20-15(41)6-14(57-37-31(53)27(49)23(45)18(8-39)59-37)7-17(20)58-32(33)12-2-4-13(40)5-3-12/h2-7,11,16,18-19,21-24,26-31,34-46,48-53H,8-10H2,1H3/t11-,16+,18+,19+,21-,22-,23+,24+,26+,27-,28-,29+,30+,31+,34+,35+,36-,37+,38-/m0/s1. The zero-order chi connectivity index (χ0) is 44.9. The molecule has 0 saturated carbocycles. The van der Waals surface area contributed by atoms with E-state index in [0.717, 1.165) is 12.1 Å². The van der Waals surface area contributed by atoms with E-state index in [1.807, 2.05) is 0 Å². The second-order valence-corrected chi connectivity index (χ2v) is 15.3. The van der Waals surface area contributed by atoms with E-state index in [-0.39, 0.29) is 22.6 Å². The molecule has 1 aromatic heterocycles. The van der Waals surface area contributed by atoms with Gasteiger partial charge in [-0.25, -0.2) is 0 Å². The number of benzene rings is 2. The summed E-state index contributed by atoms with van der Waals surface area (Å²) in [5.74, 6) is -2.50. The lowest BCUT2D eigenvalue weighted by Crippen LogP contribution is -2.64. The van der Waals surface area contributed by atoms with E-state index in [4.69, 9.17) is 42.3 Å². The van der Waals surface area contributed by atoms with Crippen LogP contribution in [0.3, 0.4) is 0 Å². The highest BCUT2D eigenvalue weighted by Gasteiger charge is 2.52. The molecule has 19 atom stereocenters. The molecule has 0 aliphatic carbocycles. The minimum atomic E-state index is -2.06. The zero-order valence-electron chi connectivity index (χ0n) is 32.4. The molecular formula is C38H48O24. The smallest absolute Gasteiger partial charge is 0.239 e. The van der Waals surface area contributed by atoms with E-state index >= 15 is 0 Å². The Balaban J connectivity index is 1.26. The van der Waals surface area contributed by atoms with Crippen LogP contribution in [0.5, 0.6) is 23.0 Å². The van der Waals surface area contributed by atoms with Gasteiger partial charge in [0.1, 0.15) is 108 Å². The Labute approximate surface area is 349 Å². The number of rotatable bonds is 11. The Kier molecular flexibility index (Phi) is 13.9. The molecule has 7 rings (SSSR count). The van der Waals surface area contributed by atoms with Crippen LogP contribution in [-0.4, -0.2) is 208 Å². The lowest BCUT2D eigenvalue weighted by atomic mass is 9.98. The number of phenols is 2. The lowest BCUT2D eigenvalue weighted by molar-refractivity contribution is -0.352. The molecule has 14 N–H and O–H groups in total. The van der Waals surface area contributed by atoms with Crippen molar-refractivity contribution in [3.05, 3.63) is 46.6 Å². The maximum absolute atomic E-state index is 14.5. The molecule has 4 fully saturated rings. The molecular weight excluding hydrogens is 840 g/mol. The molecule has 5 heterocycles. The van der Waals surface area contributed by atoms with Crippen LogP contribution in [0.25, 0.3) is 22.3 Å². The van der Waals surface area contributed by atoms with E-state index in [9.17, 15) is 76.3 Å². The van der Waals surface area contributed by atoms with Gasteiger partial charge in [0, 0.05) is 17.7 Å². The fourth-order valence-corrected chi connectivity index (χ4v) is 7.33. The van der Waals surface area contributed by atoms with Crippen molar-refractivity contribution in [3.63, 3.8) is 0 Å². The molecule has 0 amide bonds. The molecule has 0 bridgehead atoms. The van der Waals surface area contributed by atoms with Crippen molar-refractivity contribution in [1.29, 1.82) is 0 Å². The second kappa shape index (κ2) is 18.7. The highest BCUT2D eigenvalue weighted by Crippen LogP contribution is 2.39. The van der Waals surface area contributed by atoms with Crippen molar-refractivity contribution in [3.8, 4) is 34.3 Å². The summed E-state index contributed by atoms with van der Waals surface area (Å²) in [6, 6.07) is 7.02. The molecule has 0 radical (unpaired) electrons. The molecule has 0 unspecified atom stereocenters. The molecule has 344 valence electrons. The third-order valence-corrected chi connectivity index (χ3v) is 11.0. The van der Waals surface area contributed by atoms with Crippen molar-refractivity contribution in [2.45, 2.75) is 124 Å². The molecule has 4 aliphatic heterocycles. The summed E-state index contributed by atoms with van der Waals surface area (Å²) in [4.78, 5) is 14.5. The van der Waals surface area contributed by atoms with E-state index in [2.05, 4.69) is 0 Å². The Bertz CT molecular complexity index is 2050. The monoisotopic (exact) mass is 888 g/mol. The number of aliphatic hydroxyl groups excluding tert-OH is 12. The number of hydrogen-bond acceptors (Lipinski definition) is 24. The molecule has 3 aromatic rings. The van der Waals surface area contributed by atoms with Gasteiger partial charge in [0.15, 0.2) is 24.4 Å². The molecule has 2 aromatic carbocycles. The summed E-state index contributed by atoms with van der Waals surface area (Å²) in [7, 11) is 0. The molecule has 0 spiro atoms. The summed E-state index contributed by atoms with van der Waals surface area (Å²) < 4.78 is 51.4. The van der Waals surface area contributed by atoms with Gasteiger partial charge in [0.25, 0.3) is 0 Å². The minimum Gasteiger partial charge on any atom is -0.508 e. The SMILES string of the molecule is C[C@@H]1O[C@@H](OC[C@H]2O[C@@H](Oc3c(-c4ccc(O)cc4)oc4cc(O[C@@H]5O[C@H](CO)[C@@H](O)[C@H](O)[C@H]5O)cc(O)c4c3=O)[C@H](O[C@@H]3OC[C@@H](O)[C@H](O)[C@H]3O)[C@@H](O)[C@@H]2O)[C@H](O)[C@H](O)[C@H]1O. The predicted octanol–water partition coefficient (Wildman–Crippen LogP) is -5.46. The van der Waals surface area contributed by atoms with Crippen molar-refractivity contribution in [1.82, 2.24) is 0 Å². The summed E-state index contributed by atoms with van der Waals surface area (Å²) >= 11 is 0. The van der Waals surface area contributed by atoms with Gasteiger partial charge in [-0.1, -0.05) is 0 Å². The van der Waals surface area contributed by atoms with E-state index in [0.29, 0.717) is 0 Å². The van der Waals surface area contributed by atoms with Crippen LogP contribution in [0.15, 0.2) is 45.6 Å².